The van der Waals surface area contributed by atoms with Crippen molar-refractivity contribution in [1.82, 2.24) is 15.8 Å². The molecule has 0 radical (unpaired) electrons. The van der Waals surface area contributed by atoms with Crippen molar-refractivity contribution in [2.75, 3.05) is 13.1 Å². The first-order valence-electron chi connectivity index (χ1n) is 6.42. The molecule has 1 aromatic carbocycles. The van der Waals surface area contributed by atoms with Crippen LogP contribution < -0.4 is 10.6 Å². The van der Waals surface area contributed by atoms with Gasteiger partial charge in [0.2, 0.25) is 5.76 Å². The fraction of sp³-hybridized carbons (Fsp3) is 0.214. The summed E-state index contributed by atoms with van der Waals surface area (Å²) in [6.07, 6.45) is 0. The largest absolute Gasteiger partial charge is 0.351 e. The number of amides is 2. The van der Waals surface area contributed by atoms with E-state index in [-0.39, 0.29) is 18.8 Å². The maximum absolute atomic E-state index is 13.4. The minimum absolute atomic E-state index is 0.00542. The lowest BCUT2D eigenvalue weighted by Gasteiger charge is -2.07. The van der Waals surface area contributed by atoms with Gasteiger partial charge in [0.25, 0.3) is 11.8 Å². The molecular formula is C14H13F2N3O3. The number of hydrogen-bond donors (Lipinski definition) is 2. The van der Waals surface area contributed by atoms with Crippen LogP contribution in [0.15, 0.2) is 28.8 Å². The molecule has 0 spiro atoms. The molecule has 0 fully saturated rings. The number of carbonyl (C=O) groups is 2. The van der Waals surface area contributed by atoms with Gasteiger partial charge in [-0.25, -0.2) is 8.78 Å². The van der Waals surface area contributed by atoms with E-state index < -0.39 is 29.0 Å². The zero-order valence-electron chi connectivity index (χ0n) is 11.7. The Morgan fingerprint density at radius 1 is 1.14 bits per heavy atom. The quantitative estimate of drug-likeness (QED) is 0.818. The second-order valence-corrected chi connectivity index (χ2v) is 4.44. The normalized spacial score (nSPS) is 10.3. The van der Waals surface area contributed by atoms with Crippen molar-refractivity contribution in [2.24, 2.45) is 0 Å². The zero-order chi connectivity index (χ0) is 16.1. The Morgan fingerprint density at radius 3 is 2.27 bits per heavy atom. The minimum Gasteiger partial charge on any atom is -0.351 e. The van der Waals surface area contributed by atoms with Crippen molar-refractivity contribution in [3.05, 3.63) is 52.9 Å². The molecule has 1 heterocycles. The van der Waals surface area contributed by atoms with Gasteiger partial charge in [0.15, 0.2) is 0 Å². The lowest BCUT2D eigenvalue weighted by atomic mass is 10.2. The summed E-state index contributed by atoms with van der Waals surface area (Å²) < 4.78 is 31.5. The van der Waals surface area contributed by atoms with Gasteiger partial charge in [-0.3, -0.25) is 9.59 Å². The Balaban J connectivity index is 1.81. The average Bonchev–Trinajstić information content (AvgIpc) is 2.90. The number of aromatic nitrogens is 1. The minimum atomic E-state index is -0.946. The van der Waals surface area contributed by atoms with Crippen molar-refractivity contribution >= 4 is 11.8 Å². The molecule has 116 valence electrons. The number of nitrogens with zero attached hydrogens (tertiary/aromatic N) is 1. The number of hydrogen-bond acceptors (Lipinski definition) is 4. The topological polar surface area (TPSA) is 84.2 Å². The Morgan fingerprint density at radius 2 is 1.73 bits per heavy atom. The van der Waals surface area contributed by atoms with Crippen molar-refractivity contribution in [3.8, 4) is 0 Å². The summed E-state index contributed by atoms with van der Waals surface area (Å²) >= 11 is 0. The first-order chi connectivity index (χ1) is 10.5. The molecule has 2 N–H and O–H groups in total. The van der Waals surface area contributed by atoms with Crippen molar-refractivity contribution in [2.45, 2.75) is 6.92 Å². The van der Waals surface area contributed by atoms with Crippen LogP contribution >= 0.6 is 0 Å². The Labute approximate surface area is 124 Å². The molecule has 2 rings (SSSR count). The van der Waals surface area contributed by atoms with Gasteiger partial charge >= 0.3 is 0 Å². The maximum Gasteiger partial charge on any atom is 0.289 e. The van der Waals surface area contributed by atoms with Crippen LogP contribution in [0.1, 0.15) is 26.6 Å². The van der Waals surface area contributed by atoms with Crippen LogP contribution in [0.25, 0.3) is 0 Å². The van der Waals surface area contributed by atoms with E-state index in [1.54, 1.807) is 6.92 Å². The van der Waals surface area contributed by atoms with Crippen molar-refractivity contribution in [3.63, 3.8) is 0 Å². The highest BCUT2D eigenvalue weighted by Crippen LogP contribution is 2.11. The molecule has 0 aliphatic carbocycles. The molecule has 2 amide bonds. The third kappa shape index (κ3) is 3.66. The molecule has 2 aromatic rings. The van der Waals surface area contributed by atoms with E-state index in [4.69, 9.17) is 4.52 Å². The molecule has 0 atom stereocenters. The third-order valence-corrected chi connectivity index (χ3v) is 2.74. The number of nitrogens with one attached hydrogen (secondary N) is 2. The Kier molecular flexibility index (Phi) is 4.82. The van der Waals surface area contributed by atoms with Crippen LogP contribution in [0.4, 0.5) is 8.78 Å². The van der Waals surface area contributed by atoms with E-state index in [0.717, 1.165) is 12.1 Å². The van der Waals surface area contributed by atoms with Crippen LogP contribution in [-0.2, 0) is 0 Å². The monoisotopic (exact) mass is 309 g/mol. The summed E-state index contributed by atoms with van der Waals surface area (Å²) in [7, 11) is 0. The maximum atomic E-state index is 13.4. The molecule has 22 heavy (non-hydrogen) atoms. The van der Waals surface area contributed by atoms with Gasteiger partial charge in [-0.1, -0.05) is 11.2 Å². The van der Waals surface area contributed by atoms with E-state index in [1.807, 2.05) is 0 Å². The lowest BCUT2D eigenvalue weighted by molar-refractivity contribution is 0.0901. The van der Waals surface area contributed by atoms with Gasteiger partial charge in [-0.2, -0.15) is 0 Å². The molecular weight excluding hydrogens is 296 g/mol. The van der Waals surface area contributed by atoms with Gasteiger partial charge in [0, 0.05) is 19.2 Å². The van der Waals surface area contributed by atoms with Gasteiger partial charge in [0.1, 0.15) is 17.2 Å². The zero-order valence-corrected chi connectivity index (χ0v) is 11.7. The summed E-state index contributed by atoms with van der Waals surface area (Å²) in [5.41, 5.74) is -0.0897. The molecule has 0 unspecified atom stereocenters. The number of rotatable bonds is 5. The second kappa shape index (κ2) is 6.79. The van der Waals surface area contributed by atoms with Crippen LogP contribution in [0.5, 0.6) is 0 Å². The third-order valence-electron chi connectivity index (χ3n) is 2.74. The summed E-state index contributed by atoms with van der Waals surface area (Å²) in [5, 5.41) is 8.35. The van der Waals surface area contributed by atoms with Crippen molar-refractivity contribution < 1.29 is 22.9 Å². The molecule has 0 bridgehead atoms. The molecule has 6 nitrogen and oxygen atoms in total. The highest BCUT2D eigenvalue weighted by Gasteiger charge is 2.16. The summed E-state index contributed by atoms with van der Waals surface area (Å²) in [6.45, 7) is 1.75. The standard InChI is InChI=1S/C14H13F2N3O3/c1-8-7-11(22-19-8)13(20)17-5-6-18-14(21)12-9(15)3-2-4-10(12)16/h2-4,7H,5-6H2,1H3,(H,17,20)(H,18,21). The lowest BCUT2D eigenvalue weighted by Crippen LogP contribution is -2.35. The summed E-state index contributed by atoms with van der Waals surface area (Å²) in [4.78, 5) is 23.3. The second-order valence-electron chi connectivity index (χ2n) is 4.44. The van der Waals surface area contributed by atoms with Gasteiger partial charge < -0.3 is 15.2 Å². The van der Waals surface area contributed by atoms with E-state index >= 15 is 0 Å². The highest BCUT2D eigenvalue weighted by molar-refractivity contribution is 5.95. The summed E-state index contributed by atoms with van der Waals surface area (Å²) in [6, 6.07) is 4.61. The fourth-order valence-corrected chi connectivity index (χ4v) is 1.71. The number of aryl methyl sites for hydroxylation is 1. The van der Waals surface area contributed by atoms with E-state index in [2.05, 4.69) is 15.8 Å². The Bertz CT molecular complexity index is 680. The first kappa shape index (κ1) is 15.6. The molecule has 0 saturated carbocycles. The molecule has 8 heteroatoms. The van der Waals surface area contributed by atoms with Crippen LogP contribution in [0, 0.1) is 18.6 Å². The first-order valence-corrected chi connectivity index (χ1v) is 6.42. The van der Waals surface area contributed by atoms with E-state index in [9.17, 15) is 18.4 Å². The average molecular weight is 309 g/mol. The molecule has 0 aliphatic heterocycles. The molecule has 0 saturated heterocycles. The predicted octanol–water partition coefficient (Wildman–Crippen LogP) is 1.42. The van der Waals surface area contributed by atoms with E-state index in [1.165, 1.54) is 12.1 Å². The Hall–Kier alpha value is -2.77. The van der Waals surface area contributed by atoms with Crippen LogP contribution in [0.2, 0.25) is 0 Å². The highest BCUT2D eigenvalue weighted by atomic mass is 19.1. The molecule has 0 aliphatic rings. The SMILES string of the molecule is Cc1cc(C(=O)NCCNC(=O)c2c(F)cccc2F)on1. The van der Waals surface area contributed by atoms with Crippen molar-refractivity contribution in [1.29, 1.82) is 0 Å². The van der Waals surface area contributed by atoms with Crippen LogP contribution in [0.3, 0.4) is 0 Å². The number of carbonyl (C=O) groups excluding carboxylic acids is 2. The predicted molar refractivity (Wildman–Crippen MR) is 72.3 cm³/mol. The summed E-state index contributed by atoms with van der Waals surface area (Å²) in [5.74, 6) is -3.23. The number of benzene rings is 1. The van der Waals surface area contributed by atoms with Gasteiger partial charge in [-0.05, 0) is 19.1 Å². The smallest absolute Gasteiger partial charge is 0.289 e. The van der Waals surface area contributed by atoms with Gasteiger partial charge in [-0.15, -0.1) is 0 Å². The number of halogens is 2. The van der Waals surface area contributed by atoms with Gasteiger partial charge in [0.05, 0.1) is 5.69 Å². The molecule has 1 aromatic heterocycles. The fourth-order valence-electron chi connectivity index (χ4n) is 1.71. The van der Waals surface area contributed by atoms with E-state index in [0.29, 0.717) is 5.69 Å². The van der Waals surface area contributed by atoms with Crippen LogP contribution in [-0.4, -0.2) is 30.1 Å².